The Morgan fingerprint density at radius 3 is 2.47 bits per heavy atom. The third-order valence-electron chi connectivity index (χ3n) is 10.8. The maximum absolute atomic E-state index is 13.8. The number of benzene rings is 2. The van der Waals surface area contributed by atoms with Crippen LogP contribution >= 0.6 is 12.6 Å². The van der Waals surface area contributed by atoms with Gasteiger partial charge in [0.25, 0.3) is 5.91 Å². The molecule has 4 heterocycles. The maximum atomic E-state index is 13.8. The molecule has 3 aromatic rings. The minimum Gasteiger partial charge on any atom is -0.493 e. The van der Waals surface area contributed by atoms with Crippen LogP contribution in [0.4, 0.5) is 35.9 Å². The van der Waals surface area contributed by atoms with E-state index in [-0.39, 0.29) is 42.3 Å². The predicted molar refractivity (Wildman–Crippen MR) is 215 cm³/mol. The summed E-state index contributed by atoms with van der Waals surface area (Å²) in [6, 6.07) is 14.4. The number of hydrogen-bond donors (Lipinski definition) is 4. The molecular formula is C41H47F3N8O5S. The summed E-state index contributed by atoms with van der Waals surface area (Å²) >= 11 is 4.71. The number of ether oxygens (including phenoxy) is 1. The second-order valence-corrected chi connectivity index (χ2v) is 16.1. The van der Waals surface area contributed by atoms with Crippen molar-refractivity contribution >= 4 is 59.0 Å². The molecule has 0 spiro atoms. The Balaban J connectivity index is 1.01. The Labute approximate surface area is 340 Å². The fourth-order valence-corrected chi connectivity index (χ4v) is 8.32. The number of nitrogens with one attached hydrogen (secondary N) is 3. The molecule has 6 rings (SSSR count). The van der Waals surface area contributed by atoms with E-state index in [9.17, 15) is 37.6 Å². The molecule has 3 fully saturated rings. The van der Waals surface area contributed by atoms with E-state index in [1.54, 1.807) is 43.0 Å². The van der Waals surface area contributed by atoms with Gasteiger partial charge in [0, 0.05) is 23.5 Å². The van der Waals surface area contributed by atoms with Gasteiger partial charge in [-0.15, -0.1) is 12.6 Å². The van der Waals surface area contributed by atoms with Crippen molar-refractivity contribution < 1.29 is 37.1 Å². The third-order valence-corrected chi connectivity index (χ3v) is 11.3. The molecule has 4 amide bonds. The van der Waals surface area contributed by atoms with Crippen LogP contribution in [-0.2, 0) is 25.4 Å². The van der Waals surface area contributed by atoms with E-state index in [4.69, 9.17) is 17.4 Å². The average molecular weight is 821 g/mol. The molecule has 1 aromatic heterocycles. The SMILES string of the molecule is CC(C)c1cc(N2C(S)N(c3cnc(C#N)c(C(F)(F)F)c3)C(=O)C2(C)C)ccc1OCCC1CCN(CC(=O)Nc2cccc(NC3CCC(=O)NC3=O)c2)CC1. The number of amides is 4. The zero-order valence-electron chi connectivity index (χ0n) is 32.7. The number of carbonyl (C=O) groups excluding carboxylic acids is 4. The minimum absolute atomic E-state index is 0.0429. The molecule has 3 aliphatic heterocycles. The lowest BCUT2D eigenvalue weighted by Gasteiger charge is -2.34. The molecule has 2 unspecified atom stereocenters. The molecule has 2 aromatic carbocycles. The highest BCUT2D eigenvalue weighted by Crippen LogP contribution is 2.43. The van der Waals surface area contributed by atoms with Crippen LogP contribution in [0.3, 0.4) is 0 Å². The number of anilines is 4. The zero-order chi connectivity index (χ0) is 41.9. The number of rotatable bonds is 12. The van der Waals surface area contributed by atoms with Gasteiger partial charge in [-0.3, -0.25) is 34.3 Å². The van der Waals surface area contributed by atoms with Gasteiger partial charge in [0.2, 0.25) is 17.7 Å². The van der Waals surface area contributed by atoms with Crippen LogP contribution in [-0.4, -0.2) is 76.8 Å². The molecule has 0 saturated carbocycles. The molecule has 0 bridgehead atoms. The lowest BCUT2D eigenvalue weighted by atomic mass is 9.94. The number of halogens is 3. The maximum Gasteiger partial charge on any atom is 0.419 e. The normalized spacial score (nSPS) is 20.2. The van der Waals surface area contributed by atoms with Crippen molar-refractivity contribution in [2.24, 2.45) is 5.92 Å². The summed E-state index contributed by atoms with van der Waals surface area (Å²) < 4.78 is 47.6. The monoisotopic (exact) mass is 820 g/mol. The second-order valence-electron chi connectivity index (χ2n) is 15.7. The Morgan fingerprint density at radius 1 is 1.07 bits per heavy atom. The fourth-order valence-electron chi connectivity index (χ4n) is 7.66. The third kappa shape index (κ3) is 9.34. The topological polar surface area (TPSA) is 160 Å². The van der Waals surface area contributed by atoms with Crippen LogP contribution in [0.2, 0.25) is 0 Å². The van der Waals surface area contributed by atoms with E-state index >= 15 is 0 Å². The summed E-state index contributed by atoms with van der Waals surface area (Å²) in [5.41, 5.74) is -1.46. The second kappa shape index (κ2) is 17.3. The molecule has 0 radical (unpaired) electrons. The number of alkyl halides is 3. The van der Waals surface area contributed by atoms with E-state index < -0.39 is 40.4 Å². The molecule has 0 aliphatic carbocycles. The Bertz CT molecular complexity index is 2100. The molecule has 3 aliphatic rings. The number of hydrogen-bond acceptors (Lipinski definition) is 11. The van der Waals surface area contributed by atoms with Gasteiger partial charge in [0.1, 0.15) is 23.4 Å². The number of nitriles is 1. The van der Waals surface area contributed by atoms with Crippen molar-refractivity contribution in [3.05, 3.63) is 71.5 Å². The first kappa shape index (κ1) is 42.3. The molecule has 3 N–H and O–H groups in total. The highest BCUT2D eigenvalue weighted by atomic mass is 32.1. The van der Waals surface area contributed by atoms with Crippen LogP contribution in [0.25, 0.3) is 0 Å². The van der Waals surface area contributed by atoms with Gasteiger partial charge in [-0.25, -0.2) is 4.98 Å². The number of imide groups is 1. The van der Waals surface area contributed by atoms with E-state index in [0.717, 1.165) is 55.1 Å². The summed E-state index contributed by atoms with van der Waals surface area (Å²) in [6.07, 6.45) is -0.437. The summed E-state index contributed by atoms with van der Waals surface area (Å²) in [4.78, 5) is 59.0. The van der Waals surface area contributed by atoms with Crippen LogP contribution < -0.4 is 30.5 Å². The van der Waals surface area contributed by atoms with Gasteiger partial charge in [-0.05, 0) is 112 Å². The number of nitrogens with zero attached hydrogens (tertiary/aromatic N) is 5. The van der Waals surface area contributed by atoms with Crippen molar-refractivity contribution in [3.63, 3.8) is 0 Å². The number of carbonyl (C=O) groups is 4. The van der Waals surface area contributed by atoms with Crippen LogP contribution in [0.5, 0.6) is 5.75 Å². The van der Waals surface area contributed by atoms with Gasteiger partial charge >= 0.3 is 6.18 Å². The molecule has 13 nitrogen and oxygen atoms in total. The molecule has 58 heavy (non-hydrogen) atoms. The van der Waals surface area contributed by atoms with Crippen LogP contribution in [0, 0.1) is 17.2 Å². The highest BCUT2D eigenvalue weighted by molar-refractivity contribution is 7.81. The van der Waals surface area contributed by atoms with Crippen molar-refractivity contribution in [1.82, 2.24) is 15.2 Å². The average Bonchev–Trinajstić information content (AvgIpc) is 3.34. The summed E-state index contributed by atoms with van der Waals surface area (Å²) in [5, 5.41) is 17.6. The number of likely N-dealkylation sites (tertiary alicyclic amines) is 1. The van der Waals surface area contributed by atoms with E-state index in [1.807, 2.05) is 32.0 Å². The number of aromatic nitrogens is 1. The standard InChI is InChI=1S/C41H47F3N8O5S/c1-24(2)30-19-28(52-39(58)51(38(56)40(52,3)4)29-20-31(41(42,43)44)33(21-45)46-22-29)8-10-34(30)57-17-14-25-12-15-50(16-13-25)23-36(54)48-27-7-5-6-26(18-27)47-32-9-11-35(53)49-37(32)55/h5-8,10,18-20,22,24-25,32,39,47,58H,9,11-17,23H2,1-4H3,(H,48,54)(H,49,53,55). The van der Waals surface area contributed by atoms with E-state index in [1.165, 1.54) is 6.07 Å². The van der Waals surface area contributed by atoms with E-state index in [0.29, 0.717) is 41.8 Å². The van der Waals surface area contributed by atoms with Crippen molar-refractivity contribution in [3.8, 4) is 11.8 Å². The van der Waals surface area contributed by atoms with Crippen molar-refractivity contribution in [1.29, 1.82) is 5.26 Å². The number of piperidine rings is 2. The predicted octanol–water partition coefficient (Wildman–Crippen LogP) is 6.28. The summed E-state index contributed by atoms with van der Waals surface area (Å²) in [5.74, 6) is -0.0965. The summed E-state index contributed by atoms with van der Waals surface area (Å²) in [7, 11) is 0. The van der Waals surface area contributed by atoms with Crippen molar-refractivity contribution in [2.75, 3.05) is 46.7 Å². The number of pyridine rings is 1. The minimum atomic E-state index is -4.84. The molecule has 308 valence electrons. The quantitative estimate of drug-likeness (QED) is 0.121. The highest BCUT2D eigenvalue weighted by Gasteiger charge is 2.52. The Morgan fingerprint density at radius 2 is 1.79 bits per heavy atom. The largest absolute Gasteiger partial charge is 0.493 e. The summed E-state index contributed by atoms with van der Waals surface area (Å²) in [6.45, 7) is 9.69. The first-order valence-electron chi connectivity index (χ1n) is 19.2. The fraction of sp³-hybridized carbons (Fsp3) is 0.463. The Kier molecular flexibility index (Phi) is 12.6. The van der Waals surface area contributed by atoms with Gasteiger partial charge in [-0.2, -0.15) is 18.4 Å². The van der Waals surface area contributed by atoms with Crippen molar-refractivity contribution in [2.45, 2.75) is 89.0 Å². The molecule has 2 atom stereocenters. The van der Waals surface area contributed by atoms with Crippen LogP contribution in [0.15, 0.2) is 54.7 Å². The lowest BCUT2D eigenvalue weighted by molar-refractivity contribution is -0.138. The van der Waals surface area contributed by atoms with Gasteiger partial charge in [0.15, 0.2) is 11.2 Å². The number of thiol groups is 1. The molecular weight excluding hydrogens is 774 g/mol. The van der Waals surface area contributed by atoms with Gasteiger partial charge in [0.05, 0.1) is 30.6 Å². The van der Waals surface area contributed by atoms with E-state index in [2.05, 4.69) is 25.8 Å². The first-order valence-corrected chi connectivity index (χ1v) is 19.8. The molecule has 17 heteroatoms. The smallest absolute Gasteiger partial charge is 0.419 e. The van der Waals surface area contributed by atoms with Crippen LogP contribution in [0.1, 0.15) is 82.5 Å². The first-order chi connectivity index (χ1) is 27.5. The Hall–Kier alpha value is -5.34. The van der Waals surface area contributed by atoms with Gasteiger partial charge in [-0.1, -0.05) is 19.9 Å². The lowest BCUT2D eigenvalue weighted by Crippen LogP contribution is -2.47. The van der Waals surface area contributed by atoms with Gasteiger partial charge < -0.3 is 20.3 Å². The zero-order valence-corrected chi connectivity index (χ0v) is 33.6. The molecule has 3 saturated heterocycles.